The summed E-state index contributed by atoms with van der Waals surface area (Å²) >= 11 is 3.24. The summed E-state index contributed by atoms with van der Waals surface area (Å²) in [5.74, 6) is 0.787. The van der Waals surface area contributed by atoms with Crippen LogP contribution in [0.2, 0.25) is 0 Å². The maximum absolute atomic E-state index is 10.8. The molecule has 0 spiro atoms. The van der Waals surface area contributed by atoms with E-state index in [0.717, 1.165) is 22.5 Å². The molecule has 1 aromatic carbocycles. The molecule has 86 valence electrons. The summed E-state index contributed by atoms with van der Waals surface area (Å²) in [4.78, 5) is 10.5. The lowest BCUT2D eigenvalue weighted by Gasteiger charge is -2.05. The van der Waals surface area contributed by atoms with Crippen molar-refractivity contribution in [2.45, 2.75) is 19.4 Å². The largest absolute Gasteiger partial charge is 0.312 e. The van der Waals surface area contributed by atoms with Crippen molar-refractivity contribution in [3.63, 3.8) is 0 Å². The fraction of sp³-hybridized carbons (Fsp3) is 0.455. The van der Waals surface area contributed by atoms with E-state index >= 15 is 0 Å². The maximum atomic E-state index is 10.8. The molecule has 0 amide bonds. The quantitative estimate of drug-likeness (QED) is 0.668. The molecular weight excluding hydrogens is 272 g/mol. The number of nitro benzene ring substituents is 1. The predicted molar refractivity (Wildman–Crippen MR) is 65.2 cm³/mol. The minimum Gasteiger partial charge on any atom is -0.312 e. The number of nitro groups is 1. The third kappa shape index (κ3) is 3.02. The van der Waals surface area contributed by atoms with E-state index in [0.29, 0.717) is 6.54 Å². The van der Waals surface area contributed by atoms with Crippen molar-refractivity contribution < 1.29 is 4.92 Å². The van der Waals surface area contributed by atoms with E-state index in [-0.39, 0.29) is 10.6 Å². The van der Waals surface area contributed by atoms with Gasteiger partial charge in [0.2, 0.25) is 0 Å². The molecule has 16 heavy (non-hydrogen) atoms. The van der Waals surface area contributed by atoms with Crippen LogP contribution < -0.4 is 5.32 Å². The highest BCUT2D eigenvalue weighted by molar-refractivity contribution is 9.10. The first-order valence-electron chi connectivity index (χ1n) is 5.30. The molecule has 0 aromatic heterocycles. The zero-order valence-electron chi connectivity index (χ0n) is 8.78. The molecule has 0 saturated heterocycles. The van der Waals surface area contributed by atoms with E-state index in [1.54, 1.807) is 12.1 Å². The summed E-state index contributed by atoms with van der Waals surface area (Å²) in [5, 5.41) is 14.1. The Bertz CT molecular complexity index is 405. The van der Waals surface area contributed by atoms with Gasteiger partial charge in [-0.1, -0.05) is 15.9 Å². The highest BCUT2D eigenvalue weighted by Crippen LogP contribution is 2.28. The summed E-state index contributed by atoms with van der Waals surface area (Å²) in [6.07, 6.45) is 2.57. The Kier molecular flexibility index (Phi) is 3.56. The monoisotopic (exact) mass is 284 g/mol. The predicted octanol–water partition coefficient (Wildman–Crippen LogP) is 2.86. The van der Waals surface area contributed by atoms with E-state index < -0.39 is 0 Å². The molecule has 1 aliphatic carbocycles. The van der Waals surface area contributed by atoms with Crippen molar-refractivity contribution in [3.05, 3.63) is 38.3 Å². The van der Waals surface area contributed by atoms with Gasteiger partial charge in [-0.2, -0.15) is 0 Å². The van der Waals surface area contributed by atoms with Gasteiger partial charge in [0.25, 0.3) is 5.69 Å². The molecule has 1 N–H and O–H groups in total. The van der Waals surface area contributed by atoms with Crippen LogP contribution in [0, 0.1) is 16.0 Å². The van der Waals surface area contributed by atoms with Crippen molar-refractivity contribution in [3.8, 4) is 0 Å². The molecule has 0 heterocycles. The van der Waals surface area contributed by atoms with Crippen LogP contribution in [0.25, 0.3) is 0 Å². The summed E-state index contributed by atoms with van der Waals surface area (Å²) < 4.78 is 0.741. The molecular formula is C11H13BrN2O2. The maximum Gasteiger partial charge on any atom is 0.275 e. The van der Waals surface area contributed by atoms with Gasteiger partial charge in [-0.25, -0.2) is 0 Å². The average Bonchev–Trinajstić information content (AvgIpc) is 3.04. The Morgan fingerprint density at radius 3 is 2.88 bits per heavy atom. The molecule has 1 aromatic rings. The lowest BCUT2D eigenvalue weighted by molar-refractivity contribution is -0.385. The SMILES string of the molecule is O=[N+]([O-])c1cc(Br)ccc1CNCC1CC1. The zero-order chi connectivity index (χ0) is 11.5. The fourth-order valence-electron chi connectivity index (χ4n) is 1.59. The van der Waals surface area contributed by atoms with Crippen LogP contribution in [0.5, 0.6) is 0 Å². The van der Waals surface area contributed by atoms with Crippen molar-refractivity contribution >= 4 is 21.6 Å². The zero-order valence-corrected chi connectivity index (χ0v) is 10.4. The molecule has 0 radical (unpaired) electrons. The first-order chi connectivity index (χ1) is 7.66. The van der Waals surface area contributed by atoms with Gasteiger partial charge >= 0.3 is 0 Å². The number of nitrogens with one attached hydrogen (secondary N) is 1. The topological polar surface area (TPSA) is 55.2 Å². The van der Waals surface area contributed by atoms with Gasteiger partial charge in [0.15, 0.2) is 0 Å². The van der Waals surface area contributed by atoms with E-state index in [9.17, 15) is 10.1 Å². The molecule has 0 bridgehead atoms. The van der Waals surface area contributed by atoms with E-state index in [1.807, 2.05) is 6.07 Å². The number of hydrogen-bond donors (Lipinski definition) is 1. The van der Waals surface area contributed by atoms with Crippen LogP contribution in [-0.4, -0.2) is 11.5 Å². The van der Waals surface area contributed by atoms with Crippen LogP contribution in [0.15, 0.2) is 22.7 Å². The number of halogens is 1. The average molecular weight is 285 g/mol. The van der Waals surface area contributed by atoms with Crippen molar-refractivity contribution in [2.24, 2.45) is 5.92 Å². The molecule has 1 saturated carbocycles. The minimum absolute atomic E-state index is 0.178. The first-order valence-corrected chi connectivity index (χ1v) is 6.09. The highest BCUT2D eigenvalue weighted by atomic mass is 79.9. The van der Waals surface area contributed by atoms with Gasteiger partial charge in [0, 0.05) is 22.6 Å². The van der Waals surface area contributed by atoms with Crippen LogP contribution >= 0.6 is 15.9 Å². The Balaban J connectivity index is 2.02. The normalized spacial score (nSPS) is 15.1. The fourth-order valence-corrected chi connectivity index (χ4v) is 1.94. The lowest BCUT2D eigenvalue weighted by Crippen LogP contribution is -2.16. The standard InChI is InChI=1S/C11H13BrN2O2/c12-10-4-3-9(11(5-10)14(15)16)7-13-6-8-1-2-8/h3-5,8,13H,1-2,6-7H2. The van der Waals surface area contributed by atoms with E-state index in [2.05, 4.69) is 21.2 Å². The number of benzene rings is 1. The van der Waals surface area contributed by atoms with Crippen LogP contribution in [0.3, 0.4) is 0 Å². The van der Waals surface area contributed by atoms with Gasteiger partial charge in [0.1, 0.15) is 0 Å². The second-order valence-corrected chi connectivity index (χ2v) is 5.02. The van der Waals surface area contributed by atoms with Crippen molar-refractivity contribution in [1.82, 2.24) is 5.32 Å². The highest BCUT2D eigenvalue weighted by Gasteiger charge is 2.21. The molecule has 0 aliphatic heterocycles. The Hall–Kier alpha value is -0.940. The Morgan fingerprint density at radius 1 is 1.50 bits per heavy atom. The summed E-state index contributed by atoms with van der Waals surface area (Å²) in [6.45, 7) is 1.54. The molecule has 0 atom stereocenters. The van der Waals surface area contributed by atoms with Gasteiger partial charge in [-0.3, -0.25) is 10.1 Å². The van der Waals surface area contributed by atoms with Gasteiger partial charge in [-0.05, 0) is 37.4 Å². The van der Waals surface area contributed by atoms with Gasteiger partial charge < -0.3 is 5.32 Å². The Labute approximate surface area is 102 Å². The van der Waals surface area contributed by atoms with Gasteiger partial charge in [0.05, 0.1) is 4.92 Å². The number of rotatable bonds is 5. The smallest absolute Gasteiger partial charge is 0.275 e. The lowest BCUT2D eigenvalue weighted by atomic mass is 10.2. The number of hydrogen-bond acceptors (Lipinski definition) is 3. The minimum atomic E-state index is -0.334. The molecule has 5 heteroatoms. The third-order valence-electron chi connectivity index (χ3n) is 2.69. The summed E-state index contributed by atoms with van der Waals surface area (Å²) in [5.41, 5.74) is 0.923. The van der Waals surface area contributed by atoms with Crippen LogP contribution in [0.1, 0.15) is 18.4 Å². The number of nitrogens with zero attached hydrogens (tertiary/aromatic N) is 1. The van der Waals surface area contributed by atoms with Crippen molar-refractivity contribution in [1.29, 1.82) is 0 Å². The van der Waals surface area contributed by atoms with Gasteiger partial charge in [-0.15, -0.1) is 0 Å². The Morgan fingerprint density at radius 2 is 2.25 bits per heavy atom. The van der Waals surface area contributed by atoms with Crippen LogP contribution in [0.4, 0.5) is 5.69 Å². The summed E-state index contributed by atoms with van der Waals surface area (Å²) in [7, 11) is 0. The van der Waals surface area contributed by atoms with Crippen molar-refractivity contribution in [2.75, 3.05) is 6.54 Å². The molecule has 0 unspecified atom stereocenters. The first kappa shape index (κ1) is 11.5. The molecule has 2 rings (SSSR count). The second-order valence-electron chi connectivity index (χ2n) is 4.10. The summed E-state index contributed by atoms with van der Waals surface area (Å²) in [6, 6.07) is 5.18. The molecule has 4 nitrogen and oxygen atoms in total. The van der Waals surface area contributed by atoms with E-state index in [4.69, 9.17) is 0 Å². The third-order valence-corrected chi connectivity index (χ3v) is 3.18. The molecule has 1 aliphatic rings. The molecule has 1 fully saturated rings. The van der Waals surface area contributed by atoms with E-state index in [1.165, 1.54) is 12.8 Å². The van der Waals surface area contributed by atoms with Crippen LogP contribution in [-0.2, 0) is 6.54 Å². The second kappa shape index (κ2) is 4.93.